The van der Waals surface area contributed by atoms with Crippen molar-refractivity contribution in [3.63, 3.8) is 0 Å². The molecule has 0 aromatic heterocycles. The Balaban J connectivity index is 1.61. The number of hydrogen-bond acceptors (Lipinski definition) is 5. The van der Waals surface area contributed by atoms with Crippen molar-refractivity contribution in [2.75, 3.05) is 26.0 Å². The van der Waals surface area contributed by atoms with Crippen molar-refractivity contribution in [2.45, 2.75) is 37.0 Å². The Morgan fingerprint density at radius 1 is 1.14 bits per heavy atom. The Kier molecular flexibility index (Phi) is 5.85. The zero-order valence-corrected chi connectivity index (χ0v) is 16.9. The van der Waals surface area contributed by atoms with E-state index < -0.39 is 10.0 Å². The second-order valence-corrected chi connectivity index (χ2v) is 9.59. The van der Waals surface area contributed by atoms with Crippen molar-refractivity contribution in [3.8, 4) is 0 Å². The maximum absolute atomic E-state index is 12.4. The highest BCUT2D eigenvalue weighted by atomic mass is 32.2. The number of anilines is 1. The quantitative estimate of drug-likeness (QED) is 0.719. The Morgan fingerprint density at radius 3 is 2.32 bits per heavy atom. The molecule has 152 valence electrons. The second kappa shape index (κ2) is 8.00. The molecule has 1 saturated carbocycles. The standard InChI is InChI=1S/C19H25N3O5S/c1-21(2)28(26,27)14-7-5-6-13(12-14)20-17(23)10-11-22-18(24)15-8-3-4-9-16(15)19(22)25/h5-7,12,15-16H,3-4,8-11H2,1-2H3,(H,20,23)/t15-,16+. The van der Waals surface area contributed by atoms with Crippen LogP contribution in [-0.4, -0.2) is 56.0 Å². The number of rotatable bonds is 6. The first-order chi connectivity index (χ1) is 13.2. The second-order valence-electron chi connectivity index (χ2n) is 7.44. The maximum Gasteiger partial charge on any atom is 0.242 e. The number of imide groups is 1. The van der Waals surface area contributed by atoms with Gasteiger partial charge in [-0.15, -0.1) is 0 Å². The Hall–Kier alpha value is -2.26. The van der Waals surface area contributed by atoms with Gasteiger partial charge in [-0.05, 0) is 31.0 Å². The number of sulfonamides is 1. The Labute approximate surface area is 164 Å². The van der Waals surface area contributed by atoms with Crippen LogP contribution in [0, 0.1) is 11.8 Å². The van der Waals surface area contributed by atoms with Crippen molar-refractivity contribution in [3.05, 3.63) is 24.3 Å². The molecule has 0 spiro atoms. The van der Waals surface area contributed by atoms with Gasteiger partial charge in [-0.1, -0.05) is 18.9 Å². The van der Waals surface area contributed by atoms with Gasteiger partial charge in [0.2, 0.25) is 27.7 Å². The van der Waals surface area contributed by atoms with Gasteiger partial charge in [-0.2, -0.15) is 0 Å². The summed E-state index contributed by atoms with van der Waals surface area (Å²) >= 11 is 0. The molecule has 0 bridgehead atoms. The summed E-state index contributed by atoms with van der Waals surface area (Å²) in [5.41, 5.74) is 0.348. The van der Waals surface area contributed by atoms with Crippen LogP contribution in [0.2, 0.25) is 0 Å². The zero-order chi connectivity index (χ0) is 20.5. The molecule has 3 amide bonds. The first-order valence-electron chi connectivity index (χ1n) is 9.39. The third-order valence-corrected chi connectivity index (χ3v) is 7.20. The first kappa shape index (κ1) is 20.5. The minimum absolute atomic E-state index is 0.0262. The summed E-state index contributed by atoms with van der Waals surface area (Å²) in [5, 5.41) is 2.64. The van der Waals surface area contributed by atoms with Crippen molar-refractivity contribution < 1.29 is 22.8 Å². The third kappa shape index (κ3) is 3.95. The minimum atomic E-state index is -3.60. The predicted octanol–water partition coefficient (Wildman–Crippen LogP) is 1.44. The molecule has 9 heteroatoms. The van der Waals surface area contributed by atoms with Crippen LogP contribution in [0.15, 0.2) is 29.2 Å². The van der Waals surface area contributed by atoms with Crippen LogP contribution in [0.3, 0.4) is 0 Å². The lowest BCUT2D eigenvalue weighted by molar-refractivity contribution is -0.140. The van der Waals surface area contributed by atoms with E-state index in [9.17, 15) is 22.8 Å². The summed E-state index contributed by atoms with van der Waals surface area (Å²) < 4.78 is 25.5. The van der Waals surface area contributed by atoms with Gasteiger partial charge in [0.05, 0.1) is 16.7 Å². The van der Waals surface area contributed by atoms with Gasteiger partial charge in [-0.3, -0.25) is 19.3 Å². The SMILES string of the molecule is CN(C)S(=O)(=O)c1cccc(NC(=O)CCN2C(=O)[C@H]3CCCC[C@H]3C2=O)c1. The Morgan fingerprint density at radius 2 is 1.75 bits per heavy atom. The van der Waals surface area contributed by atoms with E-state index in [1.54, 1.807) is 12.1 Å². The van der Waals surface area contributed by atoms with E-state index in [2.05, 4.69) is 5.32 Å². The van der Waals surface area contributed by atoms with Crippen molar-refractivity contribution in [2.24, 2.45) is 11.8 Å². The number of benzene rings is 1. The largest absolute Gasteiger partial charge is 0.326 e. The molecular weight excluding hydrogens is 382 g/mol. The van der Waals surface area contributed by atoms with Crippen LogP contribution in [0.4, 0.5) is 5.69 Å². The summed E-state index contributed by atoms with van der Waals surface area (Å²) in [6, 6.07) is 5.97. The number of nitrogens with one attached hydrogen (secondary N) is 1. The van der Waals surface area contributed by atoms with Gasteiger partial charge in [-0.25, -0.2) is 12.7 Å². The van der Waals surface area contributed by atoms with E-state index >= 15 is 0 Å². The molecule has 3 rings (SSSR count). The molecule has 2 aliphatic rings. The fraction of sp³-hybridized carbons (Fsp3) is 0.526. The number of carbonyl (C=O) groups is 3. The van der Waals surface area contributed by atoms with Gasteiger partial charge in [0.25, 0.3) is 0 Å². The zero-order valence-electron chi connectivity index (χ0n) is 16.1. The summed E-state index contributed by atoms with van der Waals surface area (Å²) in [4.78, 5) is 38.4. The van der Waals surface area contributed by atoms with E-state index in [1.807, 2.05) is 0 Å². The smallest absolute Gasteiger partial charge is 0.242 e. The fourth-order valence-electron chi connectivity index (χ4n) is 3.83. The minimum Gasteiger partial charge on any atom is -0.326 e. The lowest BCUT2D eigenvalue weighted by atomic mass is 9.81. The van der Waals surface area contributed by atoms with Crippen LogP contribution < -0.4 is 5.32 Å². The highest BCUT2D eigenvalue weighted by Crippen LogP contribution is 2.38. The van der Waals surface area contributed by atoms with Crippen LogP contribution in [0.25, 0.3) is 0 Å². The highest BCUT2D eigenvalue weighted by Gasteiger charge is 2.47. The third-order valence-electron chi connectivity index (χ3n) is 5.39. The van der Waals surface area contributed by atoms with Crippen LogP contribution in [0.5, 0.6) is 0 Å². The number of likely N-dealkylation sites (tertiary alicyclic amines) is 1. The molecule has 1 N–H and O–H groups in total. The topological polar surface area (TPSA) is 104 Å². The molecular formula is C19H25N3O5S. The number of fused-ring (bicyclic) bond motifs is 1. The lowest BCUT2D eigenvalue weighted by Crippen LogP contribution is -2.34. The van der Waals surface area contributed by atoms with Gasteiger partial charge >= 0.3 is 0 Å². The monoisotopic (exact) mass is 407 g/mol. The predicted molar refractivity (Wildman–Crippen MR) is 103 cm³/mol. The average molecular weight is 407 g/mol. The number of nitrogens with zero attached hydrogens (tertiary/aromatic N) is 2. The van der Waals surface area contributed by atoms with Crippen LogP contribution in [-0.2, 0) is 24.4 Å². The average Bonchev–Trinajstić information content (AvgIpc) is 2.91. The number of hydrogen-bond donors (Lipinski definition) is 1. The lowest BCUT2D eigenvalue weighted by Gasteiger charge is -2.19. The van der Waals surface area contributed by atoms with Crippen molar-refractivity contribution >= 4 is 33.4 Å². The van der Waals surface area contributed by atoms with Gasteiger partial charge in [0.1, 0.15) is 0 Å². The van der Waals surface area contributed by atoms with Crippen LogP contribution in [0.1, 0.15) is 32.1 Å². The fourth-order valence-corrected chi connectivity index (χ4v) is 4.78. The van der Waals surface area contributed by atoms with Crippen molar-refractivity contribution in [1.82, 2.24) is 9.21 Å². The maximum atomic E-state index is 12.4. The molecule has 0 radical (unpaired) electrons. The molecule has 1 heterocycles. The summed E-state index contributed by atoms with van der Waals surface area (Å²) in [6.07, 6.45) is 3.37. The molecule has 8 nitrogen and oxygen atoms in total. The van der Waals surface area contributed by atoms with E-state index in [-0.39, 0.29) is 47.4 Å². The number of carbonyl (C=O) groups excluding carboxylic acids is 3. The van der Waals surface area contributed by atoms with E-state index in [4.69, 9.17) is 0 Å². The van der Waals surface area contributed by atoms with E-state index in [0.29, 0.717) is 5.69 Å². The van der Waals surface area contributed by atoms with E-state index in [1.165, 1.54) is 31.1 Å². The molecule has 1 aromatic rings. The number of amides is 3. The molecule has 2 fully saturated rings. The summed E-state index contributed by atoms with van der Waals surface area (Å²) in [5.74, 6) is -1.16. The van der Waals surface area contributed by atoms with Gasteiger partial charge in [0, 0.05) is 32.7 Å². The normalized spacial score (nSPS) is 22.5. The summed E-state index contributed by atoms with van der Waals surface area (Å²) in [6.45, 7) is 0.0478. The van der Waals surface area contributed by atoms with Crippen LogP contribution >= 0.6 is 0 Å². The molecule has 0 unspecified atom stereocenters. The summed E-state index contributed by atoms with van der Waals surface area (Å²) in [7, 11) is -0.737. The molecule has 1 aliphatic heterocycles. The highest BCUT2D eigenvalue weighted by molar-refractivity contribution is 7.89. The molecule has 28 heavy (non-hydrogen) atoms. The van der Waals surface area contributed by atoms with Gasteiger partial charge < -0.3 is 5.32 Å². The molecule has 1 aromatic carbocycles. The first-order valence-corrected chi connectivity index (χ1v) is 10.8. The Bertz CT molecular complexity index is 873. The van der Waals surface area contributed by atoms with E-state index in [0.717, 1.165) is 30.0 Å². The van der Waals surface area contributed by atoms with Crippen molar-refractivity contribution in [1.29, 1.82) is 0 Å². The molecule has 1 saturated heterocycles. The molecule has 1 aliphatic carbocycles. The molecule has 2 atom stereocenters. The van der Waals surface area contributed by atoms with Gasteiger partial charge in [0.15, 0.2) is 0 Å².